The van der Waals surface area contributed by atoms with Gasteiger partial charge in [0, 0.05) is 42.7 Å². The maximum Gasteiger partial charge on any atom is 0.337 e. The number of rotatable bonds is 6. The molecule has 0 saturated heterocycles. The Balaban J connectivity index is 1.36. The Bertz CT molecular complexity index is 2030. The molecule has 0 saturated carbocycles. The fourth-order valence-corrected chi connectivity index (χ4v) is 7.03. The Morgan fingerprint density at radius 3 is 2.53 bits per heavy atom. The molecule has 2 aliphatic heterocycles. The van der Waals surface area contributed by atoms with E-state index in [9.17, 15) is 9.90 Å². The molecule has 0 fully saturated rings. The van der Waals surface area contributed by atoms with Crippen LogP contribution in [-0.4, -0.2) is 54.6 Å². The van der Waals surface area contributed by atoms with Crippen molar-refractivity contribution in [3.05, 3.63) is 82.6 Å². The zero-order valence-corrected chi connectivity index (χ0v) is 27.8. The number of aryl methyl sites for hydroxylation is 4. The Kier molecular flexibility index (Phi) is 7.71. The number of pyridine rings is 1. The molecule has 1 unspecified atom stereocenters. The summed E-state index contributed by atoms with van der Waals surface area (Å²) < 4.78 is 14.0. The fraction of sp³-hybridized carbons (Fsp3) is 0.378. The number of aromatic nitrogens is 5. The van der Waals surface area contributed by atoms with Crippen LogP contribution in [0.15, 0.2) is 48.9 Å². The highest BCUT2D eigenvalue weighted by atomic mass is 16.5. The Morgan fingerprint density at radius 2 is 1.74 bits per heavy atom. The minimum Gasteiger partial charge on any atom is -0.493 e. The zero-order valence-electron chi connectivity index (χ0n) is 27.8. The lowest BCUT2D eigenvalue weighted by atomic mass is 9.84. The molecule has 10 heteroatoms. The molecule has 0 aliphatic carbocycles. The van der Waals surface area contributed by atoms with Gasteiger partial charge in [0.15, 0.2) is 11.8 Å². The molecule has 1 N–H and O–H groups in total. The molecule has 2 aliphatic rings. The Hall–Kier alpha value is -4.83. The third-order valence-electron chi connectivity index (χ3n) is 9.08. The number of benzene rings is 2. The van der Waals surface area contributed by atoms with Gasteiger partial charge in [-0.3, -0.25) is 9.67 Å². The molecule has 5 aromatic rings. The highest BCUT2D eigenvalue weighted by molar-refractivity contribution is 5.92. The van der Waals surface area contributed by atoms with Crippen LogP contribution in [0.1, 0.15) is 66.9 Å². The highest BCUT2D eigenvalue weighted by Crippen LogP contribution is 2.44. The van der Waals surface area contributed by atoms with Crippen molar-refractivity contribution in [2.75, 3.05) is 18.1 Å². The molecule has 10 nitrogen and oxygen atoms in total. The third-order valence-corrected chi connectivity index (χ3v) is 9.08. The maximum atomic E-state index is 12.9. The van der Waals surface area contributed by atoms with Crippen molar-refractivity contribution in [2.24, 2.45) is 7.05 Å². The van der Waals surface area contributed by atoms with E-state index in [0.29, 0.717) is 24.4 Å². The first-order chi connectivity index (χ1) is 22.5. The smallest absolute Gasteiger partial charge is 0.337 e. The van der Waals surface area contributed by atoms with Gasteiger partial charge in [0.2, 0.25) is 0 Å². The summed E-state index contributed by atoms with van der Waals surface area (Å²) in [4.78, 5) is 29.2. The topological polar surface area (TPSA) is 115 Å². The van der Waals surface area contributed by atoms with Crippen LogP contribution in [0.5, 0.6) is 5.75 Å². The van der Waals surface area contributed by atoms with Crippen molar-refractivity contribution in [1.29, 1.82) is 0 Å². The van der Waals surface area contributed by atoms with Gasteiger partial charge in [0.25, 0.3) is 0 Å². The Morgan fingerprint density at radius 1 is 0.979 bits per heavy atom. The molecule has 0 spiro atoms. The number of hydrogen-bond donors (Lipinski definition) is 1. The first kappa shape index (κ1) is 30.8. The standard InChI is InChI=1S/C37H40N6O4/c1-21-30(25-9-10-27-19-43(14-13-23(27)16-25)35-28-18-40-42(6)34(28)38-20-39-35)32(26-11-12-29-24(17-26)8-7-15-46-29)31(22(2)41-21)33(36(44)45)47-37(3,4)5/h9-12,16-18,20,33H,7-8,13-15,19H2,1-6H3,(H,44,45). The van der Waals surface area contributed by atoms with E-state index in [2.05, 4.69) is 44.2 Å². The van der Waals surface area contributed by atoms with E-state index < -0.39 is 17.7 Å². The minimum atomic E-state index is -1.20. The lowest BCUT2D eigenvalue weighted by molar-refractivity contribution is -0.160. The molecule has 3 aromatic heterocycles. The molecule has 7 rings (SSSR count). The van der Waals surface area contributed by atoms with E-state index in [1.165, 1.54) is 11.1 Å². The van der Waals surface area contributed by atoms with Crippen LogP contribution >= 0.6 is 0 Å². The molecule has 5 heterocycles. The summed E-state index contributed by atoms with van der Waals surface area (Å²) >= 11 is 0. The number of carboxylic acids is 1. The van der Waals surface area contributed by atoms with Crippen molar-refractivity contribution in [3.8, 4) is 28.0 Å². The van der Waals surface area contributed by atoms with Crippen LogP contribution in [0.25, 0.3) is 33.3 Å². The summed E-state index contributed by atoms with van der Waals surface area (Å²) in [6.07, 6.45) is 4.91. The SMILES string of the molecule is Cc1nc(C)c(C(OC(C)(C)C)C(=O)O)c(-c2ccc3c(c2)CCCO3)c1-c1ccc2c(c1)CCN(c1ncnc3c1cnn3C)C2. The van der Waals surface area contributed by atoms with Gasteiger partial charge in [-0.1, -0.05) is 24.3 Å². The quantitative estimate of drug-likeness (QED) is 0.223. The molecule has 0 amide bonds. The molecular weight excluding hydrogens is 592 g/mol. The van der Waals surface area contributed by atoms with Gasteiger partial charge >= 0.3 is 5.97 Å². The first-order valence-corrected chi connectivity index (χ1v) is 16.2. The zero-order chi connectivity index (χ0) is 33.0. The van der Waals surface area contributed by atoms with Crippen molar-refractivity contribution >= 4 is 22.8 Å². The second-order valence-corrected chi connectivity index (χ2v) is 13.5. The van der Waals surface area contributed by atoms with Crippen molar-refractivity contribution in [1.82, 2.24) is 24.7 Å². The monoisotopic (exact) mass is 632 g/mol. The summed E-state index contributed by atoms with van der Waals surface area (Å²) in [6.45, 7) is 11.7. The number of aliphatic carboxylic acids is 1. The normalized spacial score (nSPS) is 15.2. The largest absolute Gasteiger partial charge is 0.493 e. The predicted molar refractivity (Wildman–Crippen MR) is 181 cm³/mol. The molecule has 1 atom stereocenters. The molecular formula is C37H40N6O4. The summed E-state index contributed by atoms with van der Waals surface area (Å²) in [5.41, 5.74) is 9.49. The minimum absolute atomic E-state index is 0.581. The van der Waals surface area contributed by atoms with Crippen molar-refractivity contribution in [3.63, 3.8) is 0 Å². The first-order valence-electron chi connectivity index (χ1n) is 16.2. The molecule has 242 valence electrons. The molecule has 0 radical (unpaired) electrons. The van der Waals surface area contributed by atoms with Crippen LogP contribution in [0.4, 0.5) is 5.82 Å². The number of carboxylic acid groups (broad SMARTS) is 1. The van der Waals surface area contributed by atoms with Crippen LogP contribution in [-0.2, 0) is 36.0 Å². The van der Waals surface area contributed by atoms with Gasteiger partial charge in [0.05, 0.1) is 23.8 Å². The second kappa shape index (κ2) is 11.8. The number of ether oxygens (including phenoxy) is 2. The Labute approximate surface area is 274 Å². The average Bonchev–Trinajstić information content (AvgIpc) is 3.43. The molecule has 47 heavy (non-hydrogen) atoms. The summed E-state index contributed by atoms with van der Waals surface area (Å²) in [5.74, 6) is 0.732. The number of nitrogens with zero attached hydrogens (tertiary/aromatic N) is 6. The number of carbonyl (C=O) groups is 1. The lowest BCUT2D eigenvalue weighted by Gasteiger charge is -2.31. The van der Waals surface area contributed by atoms with E-state index in [1.807, 2.05) is 60.0 Å². The van der Waals surface area contributed by atoms with Gasteiger partial charge in [-0.25, -0.2) is 14.8 Å². The van der Waals surface area contributed by atoms with E-state index >= 15 is 0 Å². The summed E-state index contributed by atoms with van der Waals surface area (Å²) in [5, 5.41) is 15.9. The van der Waals surface area contributed by atoms with Crippen molar-refractivity contribution in [2.45, 2.75) is 72.1 Å². The van der Waals surface area contributed by atoms with Gasteiger partial charge in [-0.15, -0.1) is 0 Å². The van der Waals surface area contributed by atoms with E-state index in [1.54, 1.807) is 11.0 Å². The van der Waals surface area contributed by atoms with Gasteiger partial charge in [0.1, 0.15) is 17.9 Å². The van der Waals surface area contributed by atoms with Crippen molar-refractivity contribution < 1.29 is 19.4 Å². The number of fused-ring (bicyclic) bond motifs is 3. The van der Waals surface area contributed by atoms with E-state index in [4.69, 9.17) is 14.5 Å². The van der Waals surface area contributed by atoms with Crippen LogP contribution in [0, 0.1) is 13.8 Å². The number of hydrogen-bond acceptors (Lipinski definition) is 8. The lowest BCUT2D eigenvalue weighted by Crippen LogP contribution is -2.31. The van der Waals surface area contributed by atoms with E-state index in [0.717, 1.165) is 81.9 Å². The fourth-order valence-electron chi connectivity index (χ4n) is 7.03. The number of anilines is 1. The average molecular weight is 633 g/mol. The van der Waals surface area contributed by atoms with Crippen LogP contribution in [0.2, 0.25) is 0 Å². The van der Waals surface area contributed by atoms with Gasteiger partial charge < -0.3 is 19.5 Å². The van der Waals surface area contributed by atoms with Crippen LogP contribution in [0.3, 0.4) is 0 Å². The predicted octanol–water partition coefficient (Wildman–Crippen LogP) is 6.54. The van der Waals surface area contributed by atoms with Gasteiger partial charge in [-0.2, -0.15) is 5.10 Å². The summed E-state index contributed by atoms with van der Waals surface area (Å²) in [7, 11) is 1.89. The summed E-state index contributed by atoms with van der Waals surface area (Å²) in [6, 6.07) is 12.8. The second-order valence-electron chi connectivity index (χ2n) is 13.5. The highest BCUT2D eigenvalue weighted by Gasteiger charge is 2.34. The third kappa shape index (κ3) is 5.71. The van der Waals surface area contributed by atoms with Gasteiger partial charge in [-0.05, 0) is 99.4 Å². The molecule has 0 bridgehead atoms. The van der Waals surface area contributed by atoms with Crippen LogP contribution < -0.4 is 9.64 Å². The van der Waals surface area contributed by atoms with E-state index in [-0.39, 0.29) is 0 Å². The molecule has 2 aromatic carbocycles. The maximum absolute atomic E-state index is 12.9.